The van der Waals surface area contributed by atoms with Gasteiger partial charge in [0.25, 0.3) is 5.91 Å². The van der Waals surface area contributed by atoms with Crippen molar-refractivity contribution in [1.29, 1.82) is 0 Å². The van der Waals surface area contributed by atoms with Crippen molar-refractivity contribution in [2.24, 2.45) is 0 Å². The topological polar surface area (TPSA) is 75.4 Å². The summed E-state index contributed by atoms with van der Waals surface area (Å²) in [7, 11) is 0. The fourth-order valence-electron chi connectivity index (χ4n) is 1.87. The lowest BCUT2D eigenvalue weighted by molar-refractivity contribution is 0.101. The second kappa shape index (κ2) is 6.03. The molecule has 3 rings (SSSR count). The van der Waals surface area contributed by atoms with E-state index in [0.717, 1.165) is 10.0 Å². The molecule has 5 nitrogen and oxygen atoms in total. The molecule has 0 aliphatic rings. The minimum Gasteiger partial charge on any atom is -0.508 e. The number of carbonyl (C=O) groups excluding carboxylic acids is 1. The van der Waals surface area contributed by atoms with Gasteiger partial charge in [0.2, 0.25) is 0 Å². The van der Waals surface area contributed by atoms with E-state index in [1.54, 1.807) is 42.5 Å². The molecule has 0 saturated carbocycles. The number of nitrogens with zero attached hydrogens (tertiary/aromatic N) is 1. The van der Waals surface area contributed by atoms with E-state index < -0.39 is 0 Å². The number of phenols is 1. The number of hydrogen-bond donors (Lipinski definition) is 2. The normalized spacial score (nSPS) is 10.4. The van der Waals surface area contributed by atoms with Gasteiger partial charge in [0.1, 0.15) is 5.75 Å². The maximum atomic E-state index is 12.1. The SMILES string of the molecule is O=C(Nc1ccc(Br)cc1)c1cc(-c2ccc(O)cc2)on1. The molecule has 0 bridgehead atoms. The minimum absolute atomic E-state index is 0.163. The number of nitrogens with one attached hydrogen (secondary N) is 1. The van der Waals surface area contributed by atoms with Gasteiger partial charge in [-0.2, -0.15) is 0 Å². The van der Waals surface area contributed by atoms with E-state index in [1.807, 2.05) is 12.1 Å². The Kier molecular flexibility index (Phi) is 3.93. The van der Waals surface area contributed by atoms with Gasteiger partial charge in [-0.05, 0) is 48.5 Å². The van der Waals surface area contributed by atoms with Crippen molar-refractivity contribution in [3.05, 3.63) is 64.8 Å². The highest BCUT2D eigenvalue weighted by Gasteiger charge is 2.14. The van der Waals surface area contributed by atoms with Crippen LogP contribution in [0.15, 0.2) is 63.6 Å². The first-order valence-corrected chi connectivity index (χ1v) is 7.24. The number of anilines is 1. The Morgan fingerprint density at radius 3 is 2.45 bits per heavy atom. The Balaban J connectivity index is 1.76. The van der Waals surface area contributed by atoms with Gasteiger partial charge in [0.05, 0.1) is 0 Å². The lowest BCUT2D eigenvalue weighted by Crippen LogP contribution is -2.11. The first kappa shape index (κ1) is 14.3. The average molecular weight is 359 g/mol. The first-order valence-electron chi connectivity index (χ1n) is 6.45. The van der Waals surface area contributed by atoms with Gasteiger partial charge >= 0.3 is 0 Å². The minimum atomic E-state index is -0.351. The van der Waals surface area contributed by atoms with E-state index in [9.17, 15) is 9.90 Å². The van der Waals surface area contributed by atoms with E-state index in [1.165, 1.54) is 0 Å². The summed E-state index contributed by atoms with van der Waals surface area (Å²) in [5.74, 6) is 0.272. The third-order valence-electron chi connectivity index (χ3n) is 3.00. The summed E-state index contributed by atoms with van der Waals surface area (Å²) in [5.41, 5.74) is 1.58. The summed E-state index contributed by atoms with van der Waals surface area (Å²) >= 11 is 3.33. The monoisotopic (exact) mass is 358 g/mol. The third-order valence-corrected chi connectivity index (χ3v) is 3.53. The van der Waals surface area contributed by atoms with E-state index in [2.05, 4.69) is 26.4 Å². The number of amides is 1. The van der Waals surface area contributed by atoms with Gasteiger partial charge in [-0.1, -0.05) is 21.1 Å². The Morgan fingerprint density at radius 1 is 1.09 bits per heavy atom. The molecular weight excluding hydrogens is 348 g/mol. The van der Waals surface area contributed by atoms with Gasteiger partial charge in [0, 0.05) is 21.8 Å². The standard InChI is InChI=1S/C16H11BrN2O3/c17-11-3-5-12(6-4-11)18-16(21)14-9-15(22-19-14)10-1-7-13(20)8-2-10/h1-9,20H,(H,18,21). The number of aromatic nitrogens is 1. The zero-order valence-corrected chi connectivity index (χ0v) is 12.9. The highest BCUT2D eigenvalue weighted by atomic mass is 79.9. The summed E-state index contributed by atoms with van der Waals surface area (Å²) < 4.78 is 6.10. The van der Waals surface area contributed by atoms with Crippen LogP contribution in [0.3, 0.4) is 0 Å². The number of carbonyl (C=O) groups is 1. The molecule has 0 fully saturated rings. The molecule has 1 aromatic heterocycles. The van der Waals surface area contributed by atoms with Crippen molar-refractivity contribution < 1.29 is 14.4 Å². The predicted octanol–water partition coefficient (Wildman–Crippen LogP) is 4.06. The van der Waals surface area contributed by atoms with Crippen molar-refractivity contribution in [3.63, 3.8) is 0 Å². The van der Waals surface area contributed by atoms with E-state index in [-0.39, 0.29) is 17.4 Å². The van der Waals surface area contributed by atoms with Crippen LogP contribution in [-0.4, -0.2) is 16.2 Å². The molecule has 0 unspecified atom stereocenters. The Labute approximate surface area is 134 Å². The maximum Gasteiger partial charge on any atom is 0.277 e. The highest BCUT2D eigenvalue weighted by Crippen LogP contribution is 2.23. The molecule has 1 amide bonds. The molecule has 0 saturated heterocycles. The van der Waals surface area contributed by atoms with E-state index in [0.29, 0.717) is 11.4 Å². The van der Waals surface area contributed by atoms with Crippen LogP contribution in [0.25, 0.3) is 11.3 Å². The predicted molar refractivity (Wildman–Crippen MR) is 85.7 cm³/mol. The third kappa shape index (κ3) is 3.17. The lowest BCUT2D eigenvalue weighted by atomic mass is 10.1. The molecule has 2 N–H and O–H groups in total. The Hall–Kier alpha value is -2.60. The molecule has 3 aromatic rings. The molecule has 1 heterocycles. The van der Waals surface area contributed by atoms with Crippen LogP contribution in [-0.2, 0) is 0 Å². The van der Waals surface area contributed by atoms with E-state index in [4.69, 9.17) is 4.52 Å². The Morgan fingerprint density at radius 2 is 1.77 bits per heavy atom. The fraction of sp³-hybridized carbons (Fsp3) is 0. The molecule has 6 heteroatoms. The summed E-state index contributed by atoms with van der Waals surface area (Å²) in [6.45, 7) is 0. The van der Waals surface area contributed by atoms with Crippen molar-refractivity contribution in [2.75, 3.05) is 5.32 Å². The van der Waals surface area contributed by atoms with Crippen LogP contribution < -0.4 is 5.32 Å². The second-order valence-corrected chi connectivity index (χ2v) is 5.50. The van der Waals surface area contributed by atoms with Crippen LogP contribution in [0.5, 0.6) is 5.75 Å². The van der Waals surface area contributed by atoms with Crippen LogP contribution in [0.4, 0.5) is 5.69 Å². The van der Waals surface area contributed by atoms with Crippen LogP contribution >= 0.6 is 15.9 Å². The summed E-state index contributed by atoms with van der Waals surface area (Å²) in [4.78, 5) is 12.1. The number of hydrogen-bond acceptors (Lipinski definition) is 4. The molecule has 2 aromatic carbocycles. The highest BCUT2D eigenvalue weighted by molar-refractivity contribution is 9.10. The van der Waals surface area contributed by atoms with Crippen LogP contribution in [0, 0.1) is 0 Å². The zero-order valence-electron chi connectivity index (χ0n) is 11.3. The number of phenolic OH excluding ortho intramolecular Hbond substituents is 1. The van der Waals surface area contributed by atoms with Crippen molar-refractivity contribution in [2.45, 2.75) is 0 Å². The fourth-order valence-corrected chi connectivity index (χ4v) is 2.14. The molecule has 0 aliphatic carbocycles. The molecule has 0 spiro atoms. The van der Waals surface area contributed by atoms with Gasteiger partial charge in [-0.15, -0.1) is 0 Å². The average Bonchev–Trinajstić information content (AvgIpc) is 3.00. The molecular formula is C16H11BrN2O3. The quantitative estimate of drug-likeness (QED) is 0.740. The molecule has 110 valence electrons. The van der Waals surface area contributed by atoms with Gasteiger partial charge in [-0.3, -0.25) is 4.79 Å². The smallest absolute Gasteiger partial charge is 0.277 e. The van der Waals surface area contributed by atoms with Crippen LogP contribution in [0.1, 0.15) is 10.5 Å². The summed E-state index contributed by atoms with van der Waals surface area (Å²) in [6, 6.07) is 15.2. The maximum absolute atomic E-state index is 12.1. The van der Waals surface area contributed by atoms with Gasteiger partial charge in [-0.25, -0.2) is 0 Å². The van der Waals surface area contributed by atoms with Gasteiger partial charge in [0.15, 0.2) is 11.5 Å². The molecule has 22 heavy (non-hydrogen) atoms. The first-order chi connectivity index (χ1) is 10.6. The molecule has 0 aliphatic heterocycles. The number of rotatable bonds is 3. The van der Waals surface area contributed by atoms with E-state index >= 15 is 0 Å². The largest absolute Gasteiger partial charge is 0.508 e. The second-order valence-electron chi connectivity index (χ2n) is 4.58. The molecule has 0 atom stereocenters. The Bertz CT molecular complexity index is 795. The zero-order chi connectivity index (χ0) is 15.5. The number of halogens is 1. The lowest BCUT2D eigenvalue weighted by Gasteiger charge is -2.02. The van der Waals surface area contributed by atoms with Crippen molar-refractivity contribution >= 4 is 27.5 Å². The van der Waals surface area contributed by atoms with Crippen molar-refractivity contribution in [1.82, 2.24) is 5.16 Å². The number of aromatic hydroxyl groups is 1. The van der Waals surface area contributed by atoms with Crippen molar-refractivity contribution in [3.8, 4) is 17.1 Å². The van der Waals surface area contributed by atoms with Gasteiger partial charge < -0.3 is 14.9 Å². The number of benzene rings is 2. The summed E-state index contributed by atoms with van der Waals surface area (Å²) in [6.07, 6.45) is 0. The van der Waals surface area contributed by atoms with Crippen LogP contribution in [0.2, 0.25) is 0 Å². The molecule has 0 radical (unpaired) electrons. The summed E-state index contributed by atoms with van der Waals surface area (Å²) in [5, 5.41) is 15.8.